The molecule has 4 rings (SSSR count). The van der Waals surface area contributed by atoms with Crippen molar-refractivity contribution in [1.29, 1.82) is 0 Å². The zero-order valence-corrected chi connectivity index (χ0v) is 16.2. The lowest BCUT2D eigenvalue weighted by Crippen LogP contribution is -2.30. The molecule has 2 heterocycles. The van der Waals surface area contributed by atoms with Gasteiger partial charge in [0.05, 0.1) is 0 Å². The van der Waals surface area contributed by atoms with Crippen LogP contribution in [0, 0.1) is 13.8 Å². The van der Waals surface area contributed by atoms with Crippen LogP contribution < -0.4 is 5.32 Å². The van der Waals surface area contributed by atoms with Crippen LogP contribution in [0.25, 0.3) is 16.6 Å². The molecule has 146 valence electrons. The average molecular weight is 389 g/mol. The molecule has 8 nitrogen and oxygen atoms in total. The van der Waals surface area contributed by atoms with E-state index in [-0.39, 0.29) is 5.82 Å². The fourth-order valence-electron chi connectivity index (χ4n) is 3.03. The van der Waals surface area contributed by atoms with E-state index in [1.807, 2.05) is 56.3 Å². The van der Waals surface area contributed by atoms with Gasteiger partial charge in [0.1, 0.15) is 0 Å². The summed E-state index contributed by atoms with van der Waals surface area (Å²) < 4.78 is 6.70. The molecule has 1 atom stereocenters. The summed E-state index contributed by atoms with van der Waals surface area (Å²) in [5.74, 6) is -1.06. The Balaban J connectivity index is 1.46. The fourth-order valence-corrected chi connectivity index (χ4v) is 3.03. The number of ether oxygens (including phenoxy) is 1. The zero-order valence-electron chi connectivity index (χ0n) is 16.2. The van der Waals surface area contributed by atoms with Crippen molar-refractivity contribution in [3.8, 4) is 0 Å². The van der Waals surface area contributed by atoms with Crippen LogP contribution in [-0.4, -0.2) is 37.6 Å². The number of rotatable bonds is 4. The minimum atomic E-state index is -1.02. The van der Waals surface area contributed by atoms with E-state index < -0.39 is 18.0 Å². The smallest absolute Gasteiger partial charge is 0.379 e. The quantitative estimate of drug-likeness (QED) is 0.539. The molecular formula is C21H19N5O3. The van der Waals surface area contributed by atoms with Gasteiger partial charge in [-0.3, -0.25) is 4.79 Å². The zero-order chi connectivity index (χ0) is 20.5. The van der Waals surface area contributed by atoms with Crippen molar-refractivity contribution >= 4 is 34.1 Å². The number of carbonyl (C=O) groups excluding carboxylic acids is 2. The van der Waals surface area contributed by atoms with Crippen molar-refractivity contribution in [2.45, 2.75) is 26.9 Å². The molecule has 0 aliphatic carbocycles. The van der Waals surface area contributed by atoms with Crippen molar-refractivity contribution in [3.05, 3.63) is 65.7 Å². The summed E-state index contributed by atoms with van der Waals surface area (Å²) in [5, 5.41) is 8.95. The summed E-state index contributed by atoms with van der Waals surface area (Å²) in [5.41, 5.74) is 2.18. The van der Waals surface area contributed by atoms with Crippen LogP contribution in [0.5, 0.6) is 0 Å². The topological polar surface area (TPSA) is 98.5 Å². The van der Waals surface area contributed by atoms with Gasteiger partial charge in [-0.25, -0.2) is 14.3 Å². The first-order valence-corrected chi connectivity index (χ1v) is 9.12. The molecule has 8 heteroatoms. The summed E-state index contributed by atoms with van der Waals surface area (Å²) >= 11 is 0. The van der Waals surface area contributed by atoms with E-state index in [0.29, 0.717) is 11.5 Å². The van der Waals surface area contributed by atoms with E-state index in [4.69, 9.17) is 4.74 Å². The maximum Gasteiger partial charge on any atom is 0.379 e. The normalized spacial score (nSPS) is 12.1. The van der Waals surface area contributed by atoms with E-state index in [1.165, 1.54) is 11.4 Å². The Hall–Kier alpha value is -3.81. The van der Waals surface area contributed by atoms with Crippen LogP contribution in [-0.2, 0) is 9.53 Å². The first kappa shape index (κ1) is 18.5. The van der Waals surface area contributed by atoms with E-state index >= 15 is 0 Å². The summed E-state index contributed by atoms with van der Waals surface area (Å²) in [4.78, 5) is 33.2. The third-order valence-electron chi connectivity index (χ3n) is 4.47. The lowest BCUT2D eigenvalue weighted by Gasteiger charge is -2.13. The molecule has 0 bridgehead atoms. The number of fused-ring (bicyclic) bond motifs is 2. The molecule has 1 unspecified atom stereocenters. The highest BCUT2D eigenvalue weighted by atomic mass is 16.5. The number of amides is 1. The number of hydrogen-bond donors (Lipinski definition) is 1. The molecular weight excluding hydrogens is 370 g/mol. The van der Waals surface area contributed by atoms with Crippen molar-refractivity contribution in [1.82, 2.24) is 19.6 Å². The number of nitrogens with one attached hydrogen (secondary N) is 1. The van der Waals surface area contributed by atoms with E-state index in [9.17, 15) is 9.59 Å². The van der Waals surface area contributed by atoms with E-state index in [1.54, 1.807) is 6.07 Å². The van der Waals surface area contributed by atoms with Crippen molar-refractivity contribution in [3.63, 3.8) is 0 Å². The maximum atomic E-state index is 12.4. The van der Waals surface area contributed by atoms with Gasteiger partial charge in [-0.05, 0) is 49.7 Å². The molecule has 0 saturated heterocycles. The second kappa shape index (κ2) is 7.31. The van der Waals surface area contributed by atoms with Gasteiger partial charge >= 0.3 is 5.97 Å². The van der Waals surface area contributed by atoms with Crippen molar-refractivity contribution < 1.29 is 14.3 Å². The fraction of sp³-hybridized carbons (Fsp3) is 0.190. The SMILES string of the molecule is Cc1cc(C)n2nc(C(=O)OC(C)C(=O)Nc3ccc4ccccc4c3)nc2n1. The van der Waals surface area contributed by atoms with E-state index in [2.05, 4.69) is 20.4 Å². The molecule has 0 aliphatic heterocycles. The number of hydrogen-bond acceptors (Lipinski definition) is 6. The first-order valence-electron chi connectivity index (χ1n) is 9.12. The standard InChI is InChI=1S/C21H19N5O3/c1-12-10-13(2)26-21(22-12)24-18(25-26)20(28)29-14(3)19(27)23-17-9-8-15-6-4-5-7-16(15)11-17/h4-11,14H,1-3H3,(H,23,27). The van der Waals surface area contributed by atoms with Crippen molar-refractivity contribution in [2.24, 2.45) is 0 Å². The van der Waals surface area contributed by atoms with Gasteiger partial charge in [-0.1, -0.05) is 30.3 Å². The van der Waals surface area contributed by atoms with E-state index in [0.717, 1.165) is 22.2 Å². The Morgan fingerprint density at radius 3 is 2.59 bits per heavy atom. The highest BCUT2D eigenvalue weighted by Gasteiger charge is 2.23. The average Bonchev–Trinajstić information content (AvgIpc) is 3.12. The van der Waals surface area contributed by atoms with Gasteiger partial charge in [0, 0.05) is 17.1 Å². The van der Waals surface area contributed by atoms with Gasteiger partial charge in [-0.15, -0.1) is 5.10 Å². The number of anilines is 1. The van der Waals surface area contributed by atoms with Gasteiger partial charge in [0.15, 0.2) is 6.10 Å². The highest BCUT2D eigenvalue weighted by Crippen LogP contribution is 2.19. The van der Waals surface area contributed by atoms with Crippen LogP contribution in [0.4, 0.5) is 5.69 Å². The van der Waals surface area contributed by atoms with Crippen LogP contribution in [0.1, 0.15) is 28.9 Å². The Bertz CT molecular complexity index is 1250. The lowest BCUT2D eigenvalue weighted by molar-refractivity contribution is -0.123. The molecule has 2 aromatic heterocycles. The number of esters is 1. The first-order chi connectivity index (χ1) is 13.9. The number of nitrogens with zero attached hydrogens (tertiary/aromatic N) is 4. The molecule has 0 radical (unpaired) electrons. The summed E-state index contributed by atoms with van der Waals surface area (Å²) in [6.07, 6.45) is -1.02. The molecule has 0 aliphatic rings. The number of carbonyl (C=O) groups is 2. The number of aromatic nitrogens is 4. The molecule has 0 fully saturated rings. The van der Waals surface area contributed by atoms with Crippen LogP contribution in [0.3, 0.4) is 0 Å². The minimum Gasteiger partial charge on any atom is -0.447 e. The Kier molecular flexibility index (Phi) is 4.67. The highest BCUT2D eigenvalue weighted by molar-refractivity contribution is 5.98. The molecule has 1 N–H and O–H groups in total. The molecule has 29 heavy (non-hydrogen) atoms. The second-order valence-corrected chi connectivity index (χ2v) is 6.78. The Labute approximate surface area is 166 Å². The maximum absolute atomic E-state index is 12.4. The van der Waals surface area contributed by atoms with Gasteiger partial charge in [-0.2, -0.15) is 4.98 Å². The molecule has 1 amide bonds. The molecule has 0 spiro atoms. The Morgan fingerprint density at radius 2 is 1.79 bits per heavy atom. The van der Waals surface area contributed by atoms with Gasteiger partial charge < -0.3 is 10.1 Å². The predicted octanol–water partition coefficient (Wildman–Crippen LogP) is 3.08. The Morgan fingerprint density at radius 1 is 1.03 bits per heavy atom. The van der Waals surface area contributed by atoms with Gasteiger partial charge in [0.2, 0.25) is 0 Å². The summed E-state index contributed by atoms with van der Waals surface area (Å²) in [6, 6.07) is 15.2. The number of benzene rings is 2. The van der Waals surface area contributed by atoms with Crippen LogP contribution >= 0.6 is 0 Å². The third-order valence-corrected chi connectivity index (χ3v) is 4.47. The second-order valence-electron chi connectivity index (χ2n) is 6.78. The van der Waals surface area contributed by atoms with Crippen LogP contribution in [0.15, 0.2) is 48.5 Å². The number of aryl methyl sites for hydroxylation is 2. The van der Waals surface area contributed by atoms with Crippen molar-refractivity contribution in [2.75, 3.05) is 5.32 Å². The van der Waals surface area contributed by atoms with Crippen LogP contribution in [0.2, 0.25) is 0 Å². The molecule has 0 saturated carbocycles. The summed E-state index contributed by atoms with van der Waals surface area (Å²) in [7, 11) is 0. The third kappa shape index (κ3) is 3.77. The minimum absolute atomic E-state index is 0.142. The monoisotopic (exact) mass is 389 g/mol. The lowest BCUT2D eigenvalue weighted by atomic mass is 10.1. The summed E-state index contributed by atoms with van der Waals surface area (Å²) in [6.45, 7) is 5.17. The molecule has 4 aromatic rings. The van der Waals surface area contributed by atoms with Gasteiger partial charge in [0.25, 0.3) is 17.5 Å². The molecule has 2 aromatic carbocycles. The largest absolute Gasteiger partial charge is 0.447 e. The predicted molar refractivity (Wildman–Crippen MR) is 108 cm³/mol.